The van der Waals surface area contributed by atoms with Gasteiger partial charge >= 0.3 is 0 Å². The van der Waals surface area contributed by atoms with E-state index in [1.165, 1.54) is 22.3 Å². The third-order valence-corrected chi connectivity index (χ3v) is 3.21. The van der Waals surface area contributed by atoms with E-state index in [9.17, 15) is 0 Å². The molecule has 0 bridgehead atoms. The van der Waals surface area contributed by atoms with Crippen molar-refractivity contribution in [1.29, 1.82) is 0 Å². The number of fused-ring (bicyclic) bond motifs is 1. The molecule has 0 spiro atoms. The highest BCUT2D eigenvalue weighted by molar-refractivity contribution is 5.88. The van der Waals surface area contributed by atoms with Crippen molar-refractivity contribution in [1.82, 2.24) is 0 Å². The monoisotopic (exact) mass is 244 g/mol. The molecule has 1 aliphatic rings. The van der Waals surface area contributed by atoms with Gasteiger partial charge in [0, 0.05) is 5.41 Å². The van der Waals surface area contributed by atoms with Crippen LogP contribution in [0.3, 0.4) is 0 Å². The number of rotatable bonds is 0. The molecule has 0 saturated carbocycles. The van der Waals surface area contributed by atoms with Crippen LogP contribution < -0.4 is 0 Å². The molecule has 18 heavy (non-hydrogen) atoms. The number of allylic oxidation sites excluding steroid dienone is 3. The molecule has 1 aromatic rings. The van der Waals surface area contributed by atoms with Crippen LogP contribution in [0, 0.1) is 0 Å². The summed E-state index contributed by atoms with van der Waals surface area (Å²) in [6.45, 7) is 18.8. The average Bonchev–Trinajstić information content (AvgIpc) is 2.62. The van der Waals surface area contributed by atoms with Gasteiger partial charge in [0.15, 0.2) is 0 Å². The van der Waals surface area contributed by atoms with Crippen LogP contribution in [-0.2, 0) is 5.41 Å². The summed E-state index contributed by atoms with van der Waals surface area (Å²) in [5.41, 5.74) is 5.39. The lowest BCUT2D eigenvalue weighted by molar-refractivity contribution is 0.660. The number of benzene rings is 1. The van der Waals surface area contributed by atoms with E-state index in [0.717, 1.165) is 0 Å². The van der Waals surface area contributed by atoms with Crippen molar-refractivity contribution in [3.63, 3.8) is 0 Å². The van der Waals surface area contributed by atoms with Gasteiger partial charge in [-0.3, -0.25) is 0 Å². The highest BCUT2D eigenvalue weighted by atomic mass is 14.4. The molecule has 0 saturated heterocycles. The summed E-state index contributed by atoms with van der Waals surface area (Å²) in [6.07, 6.45) is 2.18. The molecule has 1 aromatic carbocycles. The zero-order chi connectivity index (χ0) is 14.3. The van der Waals surface area contributed by atoms with Gasteiger partial charge in [-0.2, -0.15) is 0 Å². The fraction of sp³-hybridized carbons (Fsp3) is 0.444. The first-order valence-corrected chi connectivity index (χ1v) is 7.05. The van der Waals surface area contributed by atoms with Crippen LogP contribution in [0.2, 0.25) is 0 Å². The lowest BCUT2D eigenvalue weighted by Crippen LogP contribution is -2.14. The second-order valence-corrected chi connectivity index (χ2v) is 4.35. The zero-order valence-corrected chi connectivity index (χ0v) is 13.1. The quantitative estimate of drug-likeness (QED) is 0.526. The van der Waals surface area contributed by atoms with Crippen molar-refractivity contribution in [2.45, 2.75) is 53.9 Å². The maximum atomic E-state index is 4.18. The van der Waals surface area contributed by atoms with Crippen molar-refractivity contribution in [3.8, 4) is 0 Å². The highest BCUT2D eigenvalue weighted by Gasteiger charge is 2.35. The first kappa shape index (κ1) is 16.7. The first-order valence-electron chi connectivity index (χ1n) is 7.05. The Kier molecular flexibility index (Phi) is 6.68. The van der Waals surface area contributed by atoms with Crippen LogP contribution in [-0.4, -0.2) is 0 Å². The van der Waals surface area contributed by atoms with Crippen LogP contribution in [0.1, 0.15) is 59.6 Å². The summed E-state index contributed by atoms with van der Waals surface area (Å²) >= 11 is 0. The summed E-state index contributed by atoms with van der Waals surface area (Å²) in [6, 6.07) is 8.55. The molecule has 0 aromatic heterocycles. The summed E-state index contributed by atoms with van der Waals surface area (Å²) in [7, 11) is 0. The van der Waals surface area contributed by atoms with Crippen molar-refractivity contribution in [2.75, 3.05) is 0 Å². The van der Waals surface area contributed by atoms with Gasteiger partial charge in [0.1, 0.15) is 0 Å². The molecular weight excluding hydrogens is 216 g/mol. The summed E-state index contributed by atoms with van der Waals surface area (Å²) in [4.78, 5) is 0. The largest absolute Gasteiger partial charge is 0.0909 e. The summed E-state index contributed by atoms with van der Waals surface area (Å²) in [5.74, 6) is 0. The Morgan fingerprint density at radius 2 is 1.50 bits per heavy atom. The Morgan fingerprint density at radius 1 is 1.00 bits per heavy atom. The Balaban J connectivity index is 0.000000659. The molecule has 1 aliphatic carbocycles. The van der Waals surface area contributed by atoms with Crippen molar-refractivity contribution < 1.29 is 0 Å². The molecule has 0 aliphatic heterocycles. The van der Waals surface area contributed by atoms with Crippen molar-refractivity contribution in [3.05, 3.63) is 53.6 Å². The molecule has 0 radical (unpaired) electrons. The minimum atomic E-state index is 0.127. The first-order chi connectivity index (χ1) is 8.59. The predicted octanol–water partition coefficient (Wildman–Crippen LogP) is 5.99. The Morgan fingerprint density at radius 3 is 1.94 bits per heavy atom. The minimum Gasteiger partial charge on any atom is -0.0909 e. The van der Waals surface area contributed by atoms with Crippen LogP contribution in [0.25, 0.3) is 5.57 Å². The van der Waals surface area contributed by atoms with E-state index >= 15 is 0 Å². The van der Waals surface area contributed by atoms with Gasteiger partial charge in [0.2, 0.25) is 0 Å². The van der Waals surface area contributed by atoms with Gasteiger partial charge < -0.3 is 0 Å². The lowest BCUT2D eigenvalue weighted by Gasteiger charge is -2.21. The molecule has 2 rings (SSSR count). The Labute approximate surface area is 113 Å². The van der Waals surface area contributed by atoms with Crippen LogP contribution in [0.5, 0.6) is 0 Å². The molecular formula is C18H28. The standard InChI is InChI=1S/C14H16.2C2H6/c1-5-12-10(2)11-8-6-7-9-13(11)14(12,3)4;2*1-2/h5-9H,2H2,1,3-4H3;2*1-2H3/b12-5+;;. The van der Waals surface area contributed by atoms with Gasteiger partial charge in [-0.15, -0.1) is 0 Å². The van der Waals surface area contributed by atoms with E-state index in [1.807, 2.05) is 27.7 Å². The fourth-order valence-electron chi connectivity index (χ4n) is 2.49. The molecule has 0 nitrogen and oxygen atoms in total. The smallest absolute Gasteiger partial charge is 0.0155 e. The highest BCUT2D eigenvalue weighted by Crippen LogP contribution is 2.48. The maximum Gasteiger partial charge on any atom is 0.0155 e. The second-order valence-electron chi connectivity index (χ2n) is 4.35. The SMILES string of the molecule is C=C1/C(=C\C)C(C)(C)c2ccccc21.CC.CC. The normalized spacial score (nSPS) is 17.3. The molecule has 0 unspecified atom stereocenters. The van der Waals surface area contributed by atoms with Crippen molar-refractivity contribution in [2.24, 2.45) is 0 Å². The molecule has 0 amide bonds. The zero-order valence-electron chi connectivity index (χ0n) is 13.1. The topological polar surface area (TPSA) is 0 Å². The van der Waals surface area contributed by atoms with Crippen LogP contribution in [0.15, 0.2) is 42.5 Å². The molecule has 0 atom stereocenters. The van der Waals surface area contributed by atoms with Gasteiger partial charge in [-0.1, -0.05) is 78.5 Å². The lowest BCUT2D eigenvalue weighted by atomic mass is 9.82. The maximum absolute atomic E-state index is 4.18. The Bertz CT molecular complexity index is 419. The third-order valence-electron chi connectivity index (χ3n) is 3.21. The van der Waals surface area contributed by atoms with Gasteiger partial charge in [0.05, 0.1) is 0 Å². The van der Waals surface area contributed by atoms with E-state index < -0.39 is 0 Å². The van der Waals surface area contributed by atoms with E-state index in [1.54, 1.807) is 0 Å². The minimum absolute atomic E-state index is 0.127. The van der Waals surface area contributed by atoms with Gasteiger partial charge in [-0.05, 0) is 29.2 Å². The predicted molar refractivity (Wildman–Crippen MR) is 85.0 cm³/mol. The molecule has 0 heterocycles. The van der Waals surface area contributed by atoms with Gasteiger partial charge in [0.25, 0.3) is 0 Å². The van der Waals surface area contributed by atoms with Crippen LogP contribution >= 0.6 is 0 Å². The third kappa shape index (κ3) is 2.75. The molecule has 0 fully saturated rings. The fourth-order valence-corrected chi connectivity index (χ4v) is 2.49. The number of hydrogen-bond donors (Lipinski definition) is 0. The molecule has 0 N–H and O–H groups in total. The number of hydrogen-bond acceptors (Lipinski definition) is 0. The van der Waals surface area contributed by atoms with E-state index in [2.05, 4.69) is 57.7 Å². The van der Waals surface area contributed by atoms with E-state index in [0.29, 0.717) is 0 Å². The van der Waals surface area contributed by atoms with Gasteiger partial charge in [-0.25, -0.2) is 0 Å². The second kappa shape index (κ2) is 7.20. The van der Waals surface area contributed by atoms with Crippen molar-refractivity contribution >= 4 is 5.57 Å². The summed E-state index contributed by atoms with van der Waals surface area (Å²) < 4.78 is 0. The van der Waals surface area contributed by atoms with Crippen LogP contribution in [0.4, 0.5) is 0 Å². The van der Waals surface area contributed by atoms with E-state index in [4.69, 9.17) is 0 Å². The Hall–Kier alpha value is -1.30. The molecule has 0 heteroatoms. The summed E-state index contributed by atoms with van der Waals surface area (Å²) in [5, 5.41) is 0. The van der Waals surface area contributed by atoms with E-state index in [-0.39, 0.29) is 5.41 Å². The molecule has 100 valence electrons. The average molecular weight is 244 g/mol.